The molecule has 1 aliphatic heterocycles. The molecule has 0 spiro atoms. The molecule has 1 N–H and O–H groups in total. The Morgan fingerprint density at radius 2 is 2.21 bits per heavy atom. The van der Waals surface area contributed by atoms with Gasteiger partial charge in [-0.25, -0.2) is 4.68 Å². The second kappa shape index (κ2) is 8.88. The number of nitrogens with one attached hydrogen (secondary N) is 1. The van der Waals surface area contributed by atoms with Crippen molar-refractivity contribution >= 4 is 5.91 Å². The number of hydrogen-bond donors (Lipinski definition) is 1. The van der Waals surface area contributed by atoms with Crippen molar-refractivity contribution in [1.29, 1.82) is 0 Å². The molecular formula is C20H25N3O5. The molecule has 1 unspecified atom stereocenters. The topological polar surface area (TPSA) is 91.7 Å². The molecule has 0 bridgehead atoms. The zero-order valence-corrected chi connectivity index (χ0v) is 16.4. The van der Waals surface area contributed by atoms with Crippen LogP contribution >= 0.6 is 0 Å². The molecule has 0 aliphatic carbocycles. The SMILES string of the molecule is CCOc1cc2c(cc1CNC(=O)c1ccc(=O)n(CCOC)n1)OC(C)C2. The van der Waals surface area contributed by atoms with Crippen LogP contribution in [-0.2, 0) is 24.2 Å². The maximum absolute atomic E-state index is 12.5. The van der Waals surface area contributed by atoms with Crippen LogP contribution in [0.4, 0.5) is 0 Å². The Labute approximate surface area is 163 Å². The normalized spacial score (nSPS) is 15.0. The van der Waals surface area contributed by atoms with Gasteiger partial charge in [0.05, 0.1) is 19.8 Å². The van der Waals surface area contributed by atoms with Gasteiger partial charge in [0, 0.05) is 37.3 Å². The Kier molecular flexibility index (Phi) is 6.30. The van der Waals surface area contributed by atoms with E-state index < -0.39 is 0 Å². The van der Waals surface area contributed by atoms with Crippen molar-refractivity contribution in [2.75, 3.05) is 20.3 Å². The largest absolute Gasteiger partial charge is 0.494 e. The number of rotatable bonds is 8. The number of methoxy groups -OCH3 is 1. The van der Waals surface area contributed by atoms with Gasteiger partial charge in [-0.1, -0.05) is 0 Å². The third-order valence-electron chi connectivity index (χ3n) is 4.42. The van der Waals surface area contributed by atoms with E-state index >= 15 is 0 Å². The minimum Gasteiger partial charge on any atom is -0.494 e. The van der Waals surface area contributed by atoms with Crippen LogP contribution < -0.4 is 20.3 Å². The van der Waals surface area contributed by atoms with Crippen LogP contribution in [0.3, 0.4) is 0 Å². The average Bonchev–Trinajstić information content (AvgIpc) is 3.04. The highest BCUT2D eigenvalue weighted by molar-refractivity contribution is 5.92. The summed E-state index contributed by atoms with van der Waals surface area (Å²) in [6.07, 6.45) is 0.973. The summed E-state index contributed by atoms with van der Waals surface area (Å²) < 4.78 is 17.7. The van der Waals surface area contributed by atoms with Crippen molar-refractivity contribution in [2.45, 2.75) is 39.5 Å². The monoisotopic (exact) mass is 387 g/mol. The highest BCUT2D eigenvalue weighted by Crippen LogP contribution is 2.35. The minimum atomic E-state index is -0.372. The maximum Gasteiger partial charge on any atom is 0.271 e. The lowest BCUT2D eigenvalue weighted by atomic mass is 10.1. The van der Waals surface area contributed by atoms with Crippen molar-refractivity contribution in [3.8, 4) is 11.5 Å². The van der Waals surface area contributed by atoms with E-state index in [-0.39, 0.29) is 36.4 Å². The number of benzene rings is 1. The van der Waals surface area contributed by atoms with Gasteiger partial charge in [0.25, 0.3) is 11.5 Å². The second-order valence-electron chi connectivity index (χ2n) is 6.59. The first-order chi connectivity index (χ1) is 13.5. The number of nitrogens with zero attached hydrogens (tertiary/aromatic N) is 2. The summed E-state index contributed by atoms with van der Waals surface area (Å²) >= 11 is 0. The van der Waals surface area contributed by atoms with Gasteiger partial charge < -0.3 is 19.5 Å². The number of fused-ring (bicyclic) bond motifs is 1. The summed E-state index contributed by atoms with van der Waals surface area (Å²) in [5, 5.41) is 6.94. The zero-order valence-electron chi connectivity index (χ0n) is 16.4. The fraction of sp³-hybridized carbons (Fsp3) is 0.450. The van der Waals surface area contributed by atoms with Crippen molar-refractivity contribution in [1.82, 2.24) is 15.1 Å². The van der Waals surface area contributed by atoms with E-state index in [4.69, 9.17) is 14.2 Å². The van der Waals surface area contributed by atoms with E-state index in [1.165, 1.54) is 16.8 Å². The summed E-state index contributed by atoms with van der Waals surface area (Å²) in [4.78, 5) is 24.3. The Hall–Kier alpha value is -2.87. The molecule has 0 fully saturated rings. The lowest BCUT2D eigenvalue weighted by molar-refractivity contribution is 0.0942. The quantitative estimate of drug-likeness (QED) is 0.739. The van der Waals surface area contributed by atoms with Crippen LogP contribution in [0, 0.1) is 0 Å². The highest BCUT2D eigenvalue weighted by Gasteiger charge is 2.22. The van der Waals surface area contributed by atoms with Gasteiger partial charge in [-0.05, 0) is 32.0 Å². The smallest absolute Gasteiger partial charge is 0.271 e. The molecule has 2 aromatic rings. The van der Waals surface area contributed by atoms with E-state index in [1.807, 2.05) is 26.0 Å². The fourth-order valence-electron chi connectivity index (χ4n) is 3.08. The predicted molar refractivity (Wildman–Crippen MR) is 103 cm³/mol. The van der Waals surface area contributed by atoms with Crippen LogP contribution in [0.25, 0.3) is 0 Å². The number of hydrogen-bond acceptors (Lipinski definition) is 6. The number of amides is 1. The Morgan fingerprint density at radius 1 is 1.39 bits per heavy atom. The Bertz CT molecular complexity index is 909. The molecule has 1 aliphatic rings. The predicted octanol–water partition coefficient (Wildman–Crippen LogP) is 1.54. The molecule has 28 heavy (non-hydrogen) atoms. The van der Waals surface area contributed by atoms with Gasteiger partial charge in [-0.15, -0.1) is 0 Å². The molecule has 2 heterocycles. The van der Waals surface area contributed by atoms with Crippen LogP contribution in [0.15, 0.2) is 29.1 Å². The van der Waals surface area contributed by atoms with Crippen molar-refractivity contribution in [3.63, 3.8) is 0 Å². The van der Waals surface area contributed by atoms with Crippen LogP contribution in [0.5, 0.6) is 11.5 Å². The van der Waals surface area contributed by atoms with Gasteiger partial charge in [-0.3, -0.25) is 9.59 Å². The molecule has 3 rings (SSSR count). The standard InChI is InChI=1S/C20H25N3O5/c1-4-27-17-10-14-9-13(2)28-18(14)11-15(17)12-21-20(25)16-5-6-19(24)23(22-16)7-8-26-3/h5-6,10-11,13H,4,7-9,12H2,1-3H3,(H,21,25). The van der Waals surface area contributed by atoms with Gasteiger partial charge in [0.15, 0.2) is 0 Å². The first kappa shape index (κ1) is 19.9. The van der Waals surface area contributed by atoms with E-state index in [0.29, 0.717) is 13.2 Å². The van der Waals surface area contributed by atoms with Gasteiger partial charge >= 0.3 is 0 Å². The third kappa shape index (κ3) is 4.51. The number of carbonyl (C=O) groups is 1. The van der Waals surface area contributed by atoms with E-state index in [9.17, 15) is 9.59 Å². The first-order valence-corrected chi connectivity index (χ1v) is 9.32. The summed E-state index contributed by atoms with van der Waals surface area (Å²) in [5.74, 6) is 1.19. The average molecular weight is 387 g/mol. The number of aromatic nitrogens is 2. The third-order valence-corrected chi connectivity index (χ3v) is 4.42. The molecular weight excluding hydrogens is 362 g/mol. The summed E-state index contributed by atoms with van der Waals surface area (Å²) in [5.41, 5.74) is 1.82. The lowest BCUT2D eigenvalue weighted by Crippen LogP contribution is -2.30. The number of ether oxygens (including phenoxy) is 3. The molecule has 150 valence electrons. The van der Waals surface area contributed by atoms with E-state index in [2.05, 4.69) is 10.4 Å². The van der Waals surface area contributed by atoms with Crippen LogP contribution in [0.1, 0.15) is 35.5 Å². The summed E-state index contributed by atoms with van der Waals surface area (Å²) in [6, 6.07) is 6.63. The van der Waals surface area contributed by atoms with E-state index in [0.717, 1.165) is 29.0 Å². The second-order valence-corrected chi connectivity index (χ2v) is 6.59. The first-order valence-electron chi connectivity index (χ1n) is 9.32. The summed E-state index contributed by atoms with van der Waals surface area (Å²) in [7, 11) is 1.54. The van der Waals surface area contributed by atoms with Gasteiger partial charge in [0.2, 0.25) is 0 Å². The summed E-state index contributed by atoms with van der Waals surface area (Å²) in [6.45, 7) is 5.35. The Morgan fingerprint density at radius 3 is 2.96 bits per heavy atom. The van der Waals surface area contributed by atoms with Crippen LogP contribution in [0.2, 0.25) is 0 Å². The fourth-order valence-corrected chi connectivity index (χ4v) is 3.08. The molecule has 8 nitrogen and oxygen atoms in total. The van der Waals surface area contributed by atoms with Gasteiger partial charge in [-0.2, -0.15) is 5.10 Å². The molecule has 0 saturated heterocycles. The zero-order chi connectivity index (χ0) is 20.1. The lowest BCUT2D eigenvalue weighted by Gasteiger charge is -2.13. The van der Waals surface area contributed by atoms with Crippen molar-refractivity contribution < 1.29 is 19.0 Å². The number of carbonyl (C=O) groups excluding carboxylic acids is 1. The molecule has 8 heteroatoms. The van der Waals surface area contributed by atoms with Gasteiger partial charge in [0.1, 0.15) is 23.3 Å². The van der Waals surface area contributed by atoms with Crippen LogP contribution in [-0.4, -0.2) is 42.1 Å². The molecule has 1 aromatic heterocycles. The van der Waals surface area contributed by atoms with Crippen molar-refractivity contribution in [2.24, 2.45) is 0 Å². The minimum absolute atomic E-state index is 0.131. The molecule has 0 radical (unpaired) electrons. The van der Waals surface area contributed by atoms with Crippen molar-refractivity contribution in [3.05, 3.63) is 51.4 Å². The highest BCUT2D eigenvalue weighted by atomic mass is 16.5. The Balaban J connectivity index is 1.74. The molecule has 0 saturated carbocycles. The van der Waals surface area contributed by atoms with E-state index in [1.54, 1.807) is 7.11 Å². The molecule has 1 amide bonds. The molecule has 1 atom stereocenters. The maximum atomic E-state index is 12.5. The molecule has 1 aromatic carbocycles.